The minimum atomic E-state index is -1.06. The van der Waals surface area contributed by atoms with Crippen LogP contribution >= 0.6 is 15.9 Å². The van der Waals surface area contributed by atoms with Crippen molar-refractivity contribution in [2.45, 2.75) is 19.3 Å². The summed E-state index contributed by atoms with van der Waals surface area (Å²) in [6.45, 7) is 0. The molecule has 2 atom stereocenters. The SMILES string of the molecule is O=C(O)[C@H]1CCC[C@H]1C(=O)Nc1c(F)cc(Br)cc1F. The molecular weight excluding hydrogens is 336 g/mol. The van der Waals surface area contributed by atoms with Crippen molar-refractivity contribution in [3.63, 3.8) is 0 Å². The lowest BCUT2D eigenvalue weighted by atomic mass is 9.95. The maximum absolute atomic E-state index is 13.6. The Bertz CT molecular complexity index is 542. The fraction of sp³-hybridized carbons (Fsp3) is 0.385. The topological polar surface area (TPSA) is 66.4 Å². The molecule has 1 aromatic carbocycles. The Kier molecular flexibility index (Phi) is 4.37. The molecule has 4 nitrogen and oxygen atoms in total. The van der Waals surface area contributed by atoms with Gasteiger partial charge in [0.1, 0.15) is 5.69 Å². The van der Waals surface area contributed by atoms with Crippen molar-refractivity contribution in [1.82, 2.24) is 0 Å². The third-order valence-electron chi connectivity index (χ3n) is 3.43. The van der Waals surface area contributed by atoms with Crippen molar-refractivity contribution in [1.29, 1.82) is 0 Å². The predicted octanol–water partition coefficient (Wildman–Crippen LogP) is 3.17. The van der Waals surface area contributed by atoms with Crippen LogP contribution in [-0.2, 0) is 9.59 Å². The quantitative estimate of drug-likeness (QED) is 0.882. The number of carboxylic acid groups (broad SMARTS) is 1. The van der Waals surface area contributed by atoms with E-state index in [0.29, 0.717) is 19.3 Å². The third-order valence-corrected chi connectivity index (χ3v) is 3.88. The minimum absolute atomic E-state index is 0.217. The van der Waals surface area contributed by atoms with Gasteiger partial charge in [-0.15, -0.1) is 0 Å². The Balaban J connectivity index is 2.18. The van der Waals surface area contributed by atoms with E-state index in [1.165, 1.54) is 0 Å². The average molecular weight is 348 g/mol. The summed E-state index contributed by atoms with van der Waals surface area (Å²) in [5, 5.41) is 11.2. The molecule has 1 aliphatic rings. The molecule has 0 aliphatic heterocycles. The molecular formula is C13H12BrF2NO3. The van der Waals surface area contributed by atoms with Crippen molar-refractivity contribution < 1.29 is 23.5 Å². The number of aliphatic carboxylic acids is 1. The van der Waals surface area contributed by atoms with Gasteiger partial charge in [0.05, 0.1) is 11.8 Å². The summed E-state index contributed by atoms with van der Waals surface area (Å²) >= 11 is 2.94. The van der Waals surface area contributed by atoms with Crippen molar-refractivity contribution in [2.24, 2.45) is 11.8 Å². The van der Waals surface area contributed by atoms with E-state index < -0.39 is 41.0 Å². The van der Waals surface area contributed by atoms with E-state index in [1.54, 1.807) is 0 Å². The Morgan fingerprint density at radius 1 is 1.20 bits per heavy atom. The lowest BCUT2D eigenvalue weighted by Gasteiger charge is -2.16. The highest BCUT2D eigenvalue weighted by molar-refractivity contribution is 9.10. The van der Waals surface area contributed by atoms with Gasteiger partial charge in [0.25, 0.3) is 0 Å². The van der Waals surface area contributed by atoms with E-state index in [9.17, 15) is 18.4 Å². The van der Waals surface area contributed by atoms with E-state index in [-0.39, 0.29) is 4.47 Å². The lowest BCUT2D eigenvalue weighted by Crippen LogP contribution is -2.30. The highest BCUT2D eigenvalue weighted by atomic mass is 79.9. The van der Waals surface area contributed by atoms with Crippen LogP contribution in [-0.4, -0.2) is 17.0 Å². The van der Waals surface area contributed by atoms with Crippen LogP contribution < -0.4 is 5.32 Å². The molecule has 0 spiro atoms. The molecule has 7 heteroatoms. The van der Waals surface area contributed by atoms with E-state index in [0.717, 1.165) is 12.1 Å². The van der Waals surface area contributed by atoms with Gasteiger partial charge in [0.15, 0.2) is 11.6 Å². The monoisotopic (exact) mass is 347 g/mol. The van der Waals surface area contributed by atoms with Crippen LogP contribution in [0.1, 0.15) is 19.3 Å². The Morgan fingerprint density at radius 2 is 1.75 bits per heavy atom. The summed E-state index contributed by atoms with van der Waals surface area (Å²) < 4.78 is 27.4. The summed E-state index contributed by atoms with van der Waals surface area (Å²) in [6.07, 6.45) is 1.42. The Morgan fingerprint density at radius 3 is 2.30 bits per heavy atom. The number of rotatable bonds is 3. The molecule has 1 aromatic rings. The van der Waals surface area contributed by atoms with Crippen LogP contribution in [0, 0.1) is 23.5 Å². The highest BCUT2D eigenvalue weighted by Crippen LogP contribution is 2.33. The first-order chi connectivity index (χ1) is 9.40. The summed E-state index contributed by atoms with van der Waals surface area (Å²) in [5.41, 5.74) is -0.547. The molecule has 0 radical (unpaired) electrons. The summed E-state index contributed by atoms with van der Waals surface area (Å²) in [4.78, 5) is 23.0. The molecule has 2 N–H and O–H groups in total. The van der Waals surface area contributed by atoms with Gasteiger partial charge in [-0.25, -0.2) is 8.78 Å². The van der Waals surface area contributed by atoms with Crippen LogP contribution in [0.15, 0.2) is 16.6 Å². The second-order valence-corrected chi connectivity index (χ2v) is 5.63. The van der Waals surface area contributed by atoms with Gasteiger partial charge < -0.3 is 10.4 Å². The molecule has 1 fully saturated rings. The number of anilines is 1. The van der Waals surface area contributed by atoms with Crippen molar-refractivity contribution in [3.05, 3.63) is 28.2 Å². The predicted molar refractivity (Wildman–Crippen MR) is 71.2 cm³/mol. The molecule has 1 amide bonds. The van der Waals surface area contributed by atoms with Gasteiger partial charge in [-0.3, -0.25) is 9.59 Å². The lowest BCUT2D eigenvalue weighted by molar-refractivity contribution is -0.145. The highest BCUT2D eigenvalue weighted by Gasteiger charge is 2.38. The molecule has 0 saturated heterocycles. The first kappa shape index (κ1) is 14.9. The van der Waals surface area contributed by atoms with Crippen LogP contribution in [0.5, 0.6) is 0 Å². The summed E-state index contributed by atoms with van der Waals surface area (Å²) in [7, 11) is 0. The molecule has 0 heterocycles. The molecule has 1 saturated carbocycles. The zero-order valence-corrected chi connectivity index (χ0v) is 11.9. The van der Waals surface area contributed by atoms with Crippen LogP contribution in [0.25, 0.3) is 0 Å². The normalized spacial score (nSPS) is 21.8. The number of hydrogen-bond donors (Lipinski definition) is 2. The number of carbonyl (C=O) groups is 2. The summed E-state index contributed by atoms with van der Waals surface area (Å²) in [6, 6.07) is 2.06. The van der Waals surface area contributed by atoms with Crippen molar-refractivity contribution in [2.75, 3.05) is 5.32 Å². The molecule has 0 aromatic heterocycles. The minimum Gasteiger partial charge on any atom is -0.481 e. The number of amides is 1. The van der Waals surface area contributed by atoms with Gasteiger partial charge in [0.2, 0.25) is 5.91 Å². The molecule has 20 heavy (non-hydrogen) atoms. The molecule has 2 rings (SSSR count). The third kappa shape index (κ3) is 2.98. The Labute approximate surface area is 122 Å². The van der Waals surface area contributed by atoms with Gasteiger partial charge in [-0.2, -0.15) is 0 Å². The van der Waals surface area contributed by atoms with E-state index >= 15 is 0 Å². The van der Waals surface area contributed by atoms with E-state index in [2.05, 4.69) is 21.2 Å². The maximum Gasteiger partial charge on any atom is 0.307 e. The molecule has 0 unspecified atom stereocenters. The smallest absolute Gasteiger partial charge is 0.307 e. The van der Waals surface area contributed by atoms with Crippen LogP contribution in [0.3, 0.4) is 0 Å². The van der Waals surface area contributed by atoms with E-state index in [4.69, 9.17) is 5.11 Å². The van der Waals surface area contributed by atoms with Gasteiger partial charge in [-0.05, 0) is 25.0 Å². The molecule has 0 bridgehead atoms. The fourth-order valence-corrected chi connectivity index (χ4v) is 2.85. The zero-order valence-electron chi connectivity index (χ0n) is 10.3. The zero-order chi connectivity index (χ0) is 14.9. The average Bonchev–Trinajstić information content (AvgIpc) is 2.82. The van der Waals surface area contributed by atoms with Gasteiger partial charge >= 0.3 is 5.97 Å². The largest absolute Gasteiger partial charge is 0.481 e. The van der Waals surface area contributed by atoms with Crippen LogP contribution in [0.2, 0.25) is 0 Å². The Hall–Kier alpha value is -1.50. The standard InChI is InChI=1S/C13H12BrF2NO3/c14-6-4-9(15)11(10(16)5-6)17-12(18)7-2-1-3-8(7)13(19)20/h4-5,7-8H,1-3H2,(H,17,18)(H,19,20)/t7-,8+/m1/s1. The van der Waals surface area contributed by atoms with Gasteiger partial charge in [-0.1, -0.05) is 22.4 Å². The second kappa shape index (κ2) is 5.87. The number of nitrogens with one attached hydrogen (secondary N) is 1. The van der Waals surface area contributed by atoms with Crippen LogP contribution in [0.4, 0.5) is 14.5 Å². The number of benzene rings is 1. The number of carboxylic acids is 1. The molecule has 1 aliphatic carbocycles. The first-order valence-electron chi connectivity index (χ1n) is 6.08. The van der Waals surface area contributed by atoms with Crippen molar-refractivity contribution >= 4 is 33.5 Å². The maximum atomic E-state index is 13.6. The second-order valence-electron chi connectivity index (χ2n) is 4.72. The number of hydrogen-bond acceptors (Lipinski definition) is 2. The number of carbonyl (C=O) groups excluding carboxylic acids is 1. The van der Waals surface area contributed by atoms with Gasteiger partial charge in [0, 0.05) is 4.47 Å². The number of halogens is 3. The fourth-order valence-electron chi connectivity index (χ4n) is 2.45. The van der Waals surface area contributed by atoms with Crippen molar-refractivity contribution in [3.8, 4) is 0 Å². The molecule has 108 valence electrons. The van der Waals surface area contributed by atoms with E-state index in [1.807, 2.05) is 0 Å². The first-order valence-corrected chi connectivity index (χ1v) is 6.87. The summed E-state index contributed by atoms with van der Waals surface area (Å²) in [5.74, 6) is -5.08.